The van der Waals surface area contributed by atoms with E-state index in [2.05, 4.69) is 11.4 Å². The molecular formula is C19H21NO4. The lowest BCUT2D eigenvalue weighted by Crippen LogP contribution is -2.42. The van der Waals surface area contributed by atoms with E-state index in [4.69, 9.17) is 14.2 Å². The van der Waals surface area contributed by atoms with Crippen molar-refractivity contribution in [2.75, 3.05) is 19.8 Å². The molecule has 0 saturated heterocycles. The number of nitrogens with one attached hydrogen (secondary N) is 1. The molecule has 0 spiro atoms. The van der Waals surface area contributed by atoms with E-state index in [1.807, 2.05) is 50.2 Å². The molecule has 0 aliphatic carbocycles. The number of fused-ring (bicyclic) bond motifs is 1. The fraction of sp³-hybridized carbons (Fsp3) is 0.316. The molecule has 1 N–H and O–H groups in total. The molecule has 1 aliphatic rings. The van der Waals surface area contributed by atoms with Crippen LogP contribution in [0, 0.1) is 13.8 Å². The van der Waals surface area contributed by atoms with E-state index in [0.717, 1.165) is 16.9 Å². The van der Waals surface area contributed by atoms with Gasteiger partial charge < -0.3 is 19.5 Å². The molecule has 5 heteroatoms. The highest BCUT2D eigenvalue weighted by atomic mass is 16.6. The Kier molecular flexibility index (Phi) is 4.89. The van der Waals surface area contributed by atoms with Gasteiger partial charge in [-0.1, -0.05) is 18.2 Å². The van der Waals surface area contributed by atoms with Crippen LogP contribution in [0.4, 0.5) is 0 Å². The van der Waals surface area contributed by atoms with E-state index in [1.54, 1.807) is 0 Å². The van der Waals surface area contributed by atoms with Crippen LogP contribution < -0.4 is 19.5 Å². The third-order valence-electron chi connectivity index (χ3n) is 3.66. The zero-order chi connectivity index (χ0) is 16.9. The average Bonchev–Trinajstić information content (AvgIpc) is 2.57. The SMILES string of the molecule is Cc1cc(C)cc(OCC(=O)NC[C@@H]2COc3ccccc3O2)c1. The molecule has 0 unspecified atom stereocenters. The van der Waals surface area contributed by atoms with Crippen LogP contribution in [0.3, 0.4) is 0 Å². The van der Waals surface area contributed by atoms with Crippen molar-refractivity contribution in [1.29, 1.82) is 0 Å². The molecule has 24 heavy (non-hydrogen) atoms. The highest BCUT2D eigenvalue weighted by Crippen LogP contribution is 2.30. The number of carbonyl (C=O) groups excluding carboxylic acids is 1. The number of amides is 1. The van der Waals surface area contributed by atoms with Gasteiger partial charge in [-0.15, -0.1) is 0 Å². The molecule has 126 valence electrons. The van der Waals surface area contributed by atoms with E-state index in [9.17, 15) is 4.79 Å². The summed E-state index contributed by atoms with van der Waals surface area (Å²) in [6.07, 6.45) is -0.204. The molecule has 1 aliphatic heterocycles. The van der Waals surface area contributed by atoms with Crippen LogP contribution in [0.1, 0.15) is 11.1 Å². The van der Waals surface area contributed by atoms with Gasteiger partial charge in [0.15, 0.2) is 18.1 Å². The Morgan fingerprint density at radius 3 is 2.62 bits per heavy atom. The van der Waals surface area contributed by atoms with Crippen molar-refractivity contribution in [3.63, 3.8) is 0 Å². The second-order valence-electron chi connectivity index (χ2n) is 5.91. The van der Waals surface area contributed by atoms with Gasteiger partial charge in [0.2, 0.25) is 0 Å². The van der Waals surface area contributed by atoms with Crippen LogP contribution in [0.15, 0.2) is 42.5 Å². The highest BCUT2D eigenvalue weighted by Gasteiger charge is 2.21. The Bertz CT molecular complexity index is 709. The van der Waals surface area contributed by atoms with Gasteiger partial charge in [-0.25, -0.2) is 0 Å². The minimum Gasteiger partial charge on any atom is -0.486 e. The molecule has 1 heterocycles. The van der Waals surface area contributed by atoms with Crippen LogP contribution in [0.5, 0.6) is 17.2 Å². The number of aryl methyl sites for hydroxylation is 2. The molecule has 1 atom stereocenters. The maximum absolute atomic E-state index is 11.9. The van der Waals surface area contributed by atoms with Crippen molar-refractivity contribution in [2.45, 2.75) is 20.0 Å². The first kappa shape index (κ1) is 16.2. The maximum atomic E-state index is 11.9. The van der Waals surface area contributed by atoms with E-state index >= 15 is 0 Å². The van der Waals surface area contributed by atoms with Crippen molar-refractivity contribution in [3.8, 4) is 17.2 Å². The Labute approximate surface area is 141 Å². The lowest BCUT2D eigenvalue weighted by atomic mass is 10.1. The Morgan fingerprint density at radius 1 is 1.17 bits per heavy atom. The van der Waals surface area contributed by atoms with Crippen molar-refractivity contribution in [2.24, 2.45) is 0 Å². The van der Waals surface area contributed by atoms with Crippen LogP contribution >= 0.6 is 0 Å². The summed E-state index contributed by atoms with van der Waals surface area (Å²) in [7, 11) is 0. The Balaban J connectivity index is 1.45. The quantitative estimate of drug-likeness (QED) is 0.917. The van der Waals surface area contributed by atoms with Crippen molar-refractivity contribution in [1.82, 2.24) is 5.32 Å². The fourth-order valence-corrected chi connectivity index (χ4v) is 2.61. The zero-order valence-electron chi connectivity index (χ0n) is 13.9. The molecule has 2 aromatic rings. The number of hydrogen-bond donors (Lipinski definition) is 1. The predicted octanol–water partition coefficient (Wildman–Crippen LogP) is 2.64. The molecular weight excluding hydrogens is 306 g/mol. The van der Waals surface area contributed by atoms with Crippen LogP contribution in [-0.4, -0.2) is 31.8 Å². The second-order valence-corrected chi connectivity index (χ2v) is 5.91. The first-order chi connectivity index (χ1) is 11.6. The van der Waals surface area contributed by atoms with Crippen molar-refractivity contribution in [3.05, 3.63) is 53.6 Å². The van der Waals surface area contributed by atoms with Crippen LogP contribution in [0.25, 0.3) is 0 Å². The molecule has 1 amide bonds. The van der Waals surface area contributed by atoms with E-state index < -0.39 is 0 Å². The minimum atomic E-state index is -0.204. The average molecular weight is 327 g/mol. The van der Waals surface area contributed by atoms with E-state index in [1.165, 1.54) is 0 Å². The summed E-state index contributed by atoms with van der Waals surface area (Å²) in [6, 6.07) is 13.4. The third-order valence-corrected chi connectivity index (χ3v) is 3.66. The normalized spacial score (nSPS) is 15.7. The summed E-state index contributed by atoms with van der Waals surface area (Å²) in [4.78, 5) is 11.9. The smallest absolute Gasteiger partial charge is 0.258 e. The fourth-order valence-electron chi connectivity index (χ4n) is 2.61. The van der Waals surface area contributed by atoms with Gasteiger partial charge in [0.25, 0.3) is 5.91 Å². The Hall–Kier alpha value is -2.69. The van der Waals surface area contributed by atoms with Gasteiger partial charge in [-0.2, -0.15) is 0 Å². The summed E-state index contributed by atoms with van der Waals surface area (Å²) in [6.45, 7) is 4.77. The third kappa shape index (κ3) is 4.19. The van der Waals surface area contributed by atoms with Crippen molar-refractivity contribution >= 4 is 5.91 Å². The standard InChI is InChI=1S/C19H21NO4/c1-13-7-14(2)9-15(8-13)22-12-19(21)20-10-16-11-23-17-5-3-4-6-18(17)24-16/h3-9,16H,10-12H2,1-2H3,(H,20,21)/t16-/m1/s1. The predicted molar refractivity (Wildman–Crippen MR) is 90.8 cm³/mol. The zero-order valence-corrected chi connectivity index (χ0v) is 13.9. The van der Waals surface area contributed by atoms with Crippen molar-refractivity contribution < 1.29 is 19.0 Å². The van der Waals surface area contributed by atoms with Gasteiger partial charge in [-0.3, -0.25) is 4.79 Å². The molecule has 0 saturated carbocycles. The summed E-state index contributed by atoms with van der Waals surface area (Å²) in [5.41, 5.74) is 2.22. The van der Waals surface area contributed by atoms with Crippen LogP contribution in [-0.2, 0) is 4.79 Å². The molecule has 0 aromatic heterocycles. The summed E-state index contributed by atoms with van der Waals surface area (Å²) in [5.74, 6) is 1.96. The van der Waals surface area contributed by atoms with Gasteiger partial charge in [-0.05, 0) is 49.2 Å². The largest absolute Gasteiger partial charge is 0.486 e. The first-order valence-corrected chi connectivity index (χ1v) is 7.96. The summed E-state index contributed by atoms with van der Waals surface area (Å²) < 4.78 is 17.0. The number of carbonyl (C=O) groups is 1. The lowest BCUT2D eigenvalue weighted by molar-refractivity contribution is -0.123. The number of para-hydroxylation sites is 2. The number of rotatable bonds is 5. The second kappa shape index (κ2) is 7.25. The van der Waals surface area contributed by atoms with Gasteiger partial charge in [0.05, 0.1) is 6.54 Å². The summed E-state index contributed by atoms with van der Waals surface area (Å²) >= 11 is 0. The molecule has 3 rings (SSSR count). The lowest BCUT2D eigenvalue weighted by Gasteiger charge is -2.26. The molecule has 0 radical (unpaired) electrons. The van der Waals surface area contributed by atoms with Crippen LogP contribution in [0.2, 0.25) is 0 Å². The van der Waals surface area contributed by atoms with E-state index in [0.29, 0.717) is 24.7 Å². The maximum Gasteiger partial charge on any atom is 0.258 e. The minimum absolute atomic E-state index is 0.0208. The highest BCUT2D eigenvalue weighted by molar-refractivity contribution is 5.77. The van der Waals surface area contributed by atoms with E-state index in [-0.39, 0.29) is 18.6 Å². The topological polar surface area (TPSA) is 56.8 Å². The molecule has 0 fully saturated rings. The number of benzene rings is 2. The molecule has 0 bridgehead atoms. The Morgan fingerprint density at radius 2 is 1.88 bits per heavy atom. The summed E-state index contributed by atoms with van der Waals surface area (Å²) in [5, 5.41) is 2.81. The monoisotopic (exact) mass is 327 g/mol. The first-order valence-electron chi connectivity index (χ1n) is 7.96. The van der Waals surface area contributed by atoms with Gasteiger partial charge >= 0.3 is 0 Å². The van der Waals surface area contributed by atoms with Gasteiger partial charge in [0.1, 0.15) is 18.5 Å². The molecule has 2 aromatic carbocycles. The number of ether oxygens (including phenoxy) is 3. The molecule has 5 nitrogen and oxygen atoms in total. The van der Waals surface area contributed by atoms with Gasteiger partial charge in [0, 0.05) is 0 Å². The number of hydrogen-bond acceptors (Lipinski definition) is 4.